The second-order valence-corrected chi connectivity index (χ2v) is 6.87. The van der Waals surface area contributed by atoms with E-state index in [2.05, 4.69) is 15.4 Å². The Labute approximate surface area is 159 Å². The molecule has 1 N–H and O–H groups in total. The van der Waals surface area contributed by atoms with E-state index in [1.165, 1.54) is 23.5 Å². The monoisotopic (exact) mass is 378 g/mol. The molecule has 27 heavy (non-hydrogen) atoms. The van der Waals surface area contributed by atoms with Crippen LogP contribution in [0.1, 0.15) is 15.4 Å². The van der Waals surface area contributed by atoms with E-state index in [4.69, 9.17) is 0 Å². The van der Waals surface area contributed by atoms with Crippen LogP contribution in [0, 0.1) is 12.7 Å². The molecular weight excluding hydrogens is 363 g/mol. The number of rotatable bonds is 4. The van der Waals surface area contributed by atoms with Gasteiger partial charge in [0.05, 0.1) is 11.4 Å². The van der Waals surface area contributed by atoms with E-state index in [1.807, 2.05) is 30.3 Å². The van der Waals surface area contributed by atoms with Gasteiger partial charge in [0.1, 0.15) is 15.7 Å². The standard InChI is InChI=1S/C20H15FN4OS/c1-13-18(27-20(22-13)14-7-9-15(21)10-8-14)19(26)23-17-11-12-25(24-17)16-5-3-2-4-6-16/h2-12H,1H3,(H,23,24,26). The van der Waals surface area contributed by atoms with Crippen molar-refractivity contribution in [2.75, 3.05) is 5.32 Å². The third kappa shape index (κ3) is 3.63. The minimum atomic E-state index is -0.306. The van der Waals surface area contributed by atoms with Crippen LogP contribution >= 0.6 is 11.3 Å². The Morgan fingerprint density at radius 2 is 1.81 bits per heavy atom. The van der Waals surface area contributed by atoms with Crippen LogP contribution < -0.4 is 5.32 Å². The molecule has 7 heteroatoms. The van der Waals surface area contributed by atoms with E-state index in [1.54, 1.807) is 36.0 Å². The molecule has 0 fully saturated rings. The van der Waals surface area contributed by atoms with Gasteiger partial charge in [0.25, 0.3) is 5.91 Å². The predicted molar refractivity (Wildman–Crippen MR) is 104 cm³/mol. The van der Waals surface area contributed by atoms with Crippen molar-refractivity contribution in [3.8, 4) is 16.3 Å². The number of anilines is 1. The Morgan fingerprint density at radius 3 is 2.56 bits per heavy atom. The van der Waals surface area contributed by atoms with E-state index in [0.717, 1.165) is 11.3 Å². The number of aromatic nitrogens is 3. The Hall–Kier alpha value is -3.32. The summed E-state index contributed by atoms with van der Waals surface area (Å²) in [7, 11) is 0. The lowest BCUT2D eigenvalue weighted by atomic mass is 10.2. The van der Waals surface area contributed by atoms with Crippen molar-refractivity contribution in [1.29, 1.82) is 0 Å². The molecule has 2 heterocycles. The molecule has 0 radical (unpaired) electrons. The predicted octanol–water partition coefficient (Wildman–Crippen LogP) is 4.70. The SMILES string of the molecule is Cc1nc(-c2ccc(F)cc2)sc1C(=O)Nc1ccn(-c2ccccc2)n1. The molecule has 0 aliphatic carbocycles. The molecule has 0 saturated carbocycles. The molecule has 0 spiro atoms. The highest BCUT2D eigenvalue weighted by Crippen LogP contribution is 2.28. The molecule has 0 saturated heterocycles. The number of hydrogen-bond donors (Lipinski definition) is 1. The number of benzene rings is 2. The normalized spacial score (nSPS) is 10.7. The molecule has 2 aromatic carbocycles. The van der Waals surface area contributed by atoms with Crippen molar-refractivity contribution in [1.82, 2.24) is 14.8 Å². The molecule has 1 amide bonds. The Kier molecular flexibility index (Phi) is 4.52. The van der Waals surface area contributed by atoms with Crippen LogP contribution in [0.5, 0.6) is 0 Å². The third-order valence-corrected chi connectivity index (χ3v) is 5.15. The molecule has 0 atom stereocenters. The highest BCUT2D eigenvalue weighted by Gasteiger charge is 2.17. The van der Waals surface area contributed by atoms with Gasteiger partial charge in [-0.15, -0.1) is 11.3 Å². The lowest BCUT2D eigenvalue weighted by Gasteiger charge is -2.01. The number of carbonyl (C=O) groups excluding carboxylic acids is 1. The third-order valence-electron chi connectivity index (χ3n) is 3.95. The van der Waals surface area contributed by atoms with E-state index >= 15 is 0 Å². The highest BCUT2D eigenvalue weighted by molar-refractivity contribution is 7.17. The van der Waals surface area contributed by atoms with Gasteiger partial charge in [0.2, 0.25) is 0 Å². The number of thiazole rings is 1. The first-order valence-corrected chi connectivity index (χ1v) is 9.07. The van der Waals surface area contributed by atoms with Gasteiger partial charge in [-0.1, -0.05) is 18.2 Å². The topological polar surface area (TPSA) is 59.8 Å². The first kappa shape index (κ1) is 17.1. The molecule has 0 aliphatic heterocycles. The number of carbonyl (C=O) groups is 1. The zero-order valence-electron chi connectivity index (χ0n) is 14.4. The van der Waals surface area contributed by atoms with Gasteiger partial charge in [-0.2, -0.15) is 5.10 Å². The van der Waals surface area contributed by atoms with E-state index in [9.17, 15) is 9.18 Å². The molecule has 0 aliphatic rings. The van der Waals surface area contributed by atoms with E-state index in [-0.39, 0.29) is 11.7 Å². The van der Waals surface area contributed by atoms with Crippen LogP contribution in [0.2, 0.25) is 0 Å². The summed E-state index contributed by atoms with van der Waals surface area (Å²) in [5.41, 5.74) is 2.31. The average molecular weight is 378 g/mol. The zero-order chi connectivity index (χ0) is 18.8. The fourth-order valence-corrected chi connectivity index (χ4v) is 3.58. The van der Waals surface area contributed by atoms with Crippen LogP contribution in [-0.2, 0) is 0 Å². The fraction of sp³-hybridized carbons (Fsp3) is 0.0500. The van der Waals surface area contributed by atoms with Gasteiger partial charge in [0.15, 0.2) is 5.82 Å². The fourth-order valence-electron chi connectivity index (χ4n) is 2.61. The zero-order valence-corrected chi connectivity index (χ0v) is 15.2. The molecule has 4 aromatic rings. The molecular formula is C20H15FN4OS. The largest absolute Gasteiger partial charge is 0.304 e. The average Bonchev–Trinajstić information content (AvgIpc) is 3.30. The first-order valence-electron chi connectivity index (χ1n) is 8.26. The van der Waals surface area contributed by atoms with E-state index < -0.39 is 0 Å². The van der Waals surface area contributed by atoms with Crippen LogP contribution in [0.3, 0.4) is 0 Å². The molecule has 0 unspecified atom stereocenters. The maximum atomic E-state index is 13.1. The van der Waals surface area contributed by atoms with Gasteiger partial charge in [-0.05, 0) is 43.3 Å². The summed E-state index contributed by atoms with van der Waals surface area (Å²) in [5, 5.41) is 7.85. The van der Waals surface area contributed by atoms with Crippen molar-refractivity contribution >= 4 is 23.1 Å². The van der Waals surface area contributed by atoms with Crippen molar-refractivity contribution in [2.45, 2.75) is 6.92 Å². The van der Waals surface area contributed by atoms with Crippen LogP contribution in [-0.4, -0.2) is 20.7 Å². The number of nitrogens with zero attached hydrogens (tertiary/aromatic N) is 3. The first-order chi connectivity index (χ1) is 13.1. The highest BCUT2D eigenvalue weighted by atomic mass is 32.1. The van der Waals surface area contributed by atoms with Gasteiger partial charge >= 0.3 is 0 Å². The van der Waals surface area contributed by atoms with Gasteiger partial charge in [0, 0.05) is 17.8 Å². The lowest BCUT2D eigenvalue weighted by Crippen LogP contribution is -2.12. The summed E-state index contributed by atoms with van der Waals surface area (Å²) >= 11 is 1.27. The lowest BCUT2D eigenvalue weighted by molar-refractivity contribution is 0.102. The summed E-state index contributed by atoms with van der Waals surface area (Å²) in [4.78, 5) is 17.6. The Morgan fingerprint density at radius 1 is 1.07 bits per heavy atom. The number of amides is 1. The van der Waals surface area contributed by atoms with Crippen molar-refractivity contribution in [2.24, 2.45) is 0 Å². The van der Waals surface area contributed by atoms with Crippen LogP contribution in [0.15, 0.2) is 66.9 Å². The quantitative estimate of drug-likeness (QED) is 0.560. The minimum absolute atomic E-state index is 0.267. The molecule has 2 aromatic heterocycles. The van der Waals surface area contributed by atoms with Gasteiger partial charge in [-0.25, -0.2) is 14.1 Å². The summed E-state index contributed by atoms with van der Waals surface area (Å²) in [5.74, 6) is -0.115. The smallest absolute Gasteiger partial charge is 0.268 e. The number of aryl methyl sites for hydroxylation is 1. The second kappa shape index (κ2) is 7.13. The summed E-state index contributed by atoms with van der Waals surface area (Å²) in [6.07, 6.45) is 1.79. The second-order valence-electron chi connectivity index (χ2n) is 5.88. The van der Waals surface area contributed by atoms with Crippen LogP contribution in [0.4, 0.5) is 10.2 Å². The van der Waals surface area contributed by atoms with Gasteiger partial charge < -0.3 is 5.32 Å². The van der Waals surface area contributed by atoms with Gasteiger partial charge in [-0.3, -0.25) is 4.79 Å². The number of nitrogens with one attached hydrogen (secondary N) is 1. The molecule has 5 nitrogen and oxygen atoms in total. The Bertz CT molecular complexity index is 1090. The van der Waals surface area contributed by atoms with Crippen LogP contribution in [0.25, 0.3) is 16.3 Å². The summed E-state index contributed by atoms with van der Waals surface area (Å²) in [6, 6.07) is 17.4. The molecule has 134 valence electrons. The van der Waals surface area contributed by atoms with Crippen molar-refractivity contribution < 1.29 is 9.18 Å². The maximum Gasteiger partial charge on any atom is 0.268 e. The maximum absolute atomic E-state index is 13.1. The molecule has 4 rings (SSSR count). The summed E-state index contributed by atoms with van der Waals surface area (Å²) < 4.78 is 14.8. The number of hydrogen-bond acceptors (Lipinski definition) is 4. The number of para-hydroxylation sites is 1. The number of halogens is 1. The summed E-state index contributed by atoms with van der Waals surface area (Å²) in [6.45, 7) is 1.78. The molecule has 0 bridgehead atoms. The minimum Gasteiger partial charge on any atom is -0.304 e. The van der Waals surface area contributed by atoms with E-state index in [0.29, 0.717) is 21.4 Å². The Balaban J connectivity index is 1.54. The van der Waals surface area contributed by atoms with Crippen molar-refractivity contribution in [3.63, 3.8) is 0 Å². The van der Waals surface area contributed by atoms with Crippen molar-refractivity contribution in [3.05, 3.63) is 83.2 Å².